The third-order valence-electron chi connectivity index (χ3n) is 4.14. The molecule has 5 nitrogen and oxygen atoms in total. The second-order valence-corrected chi connectivity index (χ2v) is 7.10. The van der Waals surface area contributed by atoms with Gasteiger partial charge in [-0.05, 0) is 25.0 Å². The predicted octanol–water partition coefficient (Wildman–Crippen LogP) is 3.34. The summed E-state index contributed by atoms with van der Waals surface area (Å²) in [6, 6.07) is 16.0. The summed E-state index contributed by atoms with van der Waals surface area (Å²) in [5.41, 5.74) is 6.42. The van der Waals surface area contributed by atoms with Crippen LogP contribution in [-0.4, -0.2) is 30.3 Å². The number of hydrogen-bond acceptors (Lipinski definition) is 5. The van der Waals surface area contributed by atoms with Crippen LogP contribution in [0.2, 0.25) is 0 Å². The Labute approximate surface area is 156 Å². The maximum atomic E-state index is 12.7. The fourth-order valence-corrected chi connectivity index (χ4v) is 3.92. The Morgan fingerprint density at radius 1 is 1.15 bits per heavy atom. The first-order valence-corrected chi connectivity index (χ1v) is 9.52. The summed E-state index contributed by atoms with van der Waals surface area (Å²) < 4.78 is 11.1. The minimum Gasteiger partial charge on any atom is -0.444 e. The molecule has 3 rings (SSSR count). The highest BCUT2D eigenvalue weighted by Gasteiger charge is 2.25. The van der Waals surface area contributed by atoms with Crippen molar-refractivity contribution >= 4 is 23.6 Å². The molecular formula is C20H21NO4S. The third-order valence-corrected chi connectivity index (χ3v) is 5.35. The maximum absolute atomic E-state index is 12.7. The third kappa shape index (κ3) is 4.65. The molecule has 0 saturated carbocycles. The van der Waals surface area contributed by atoms with E-state index in [1.54, 1.807) is 48.2 Å². The van der Waals surface area contributed by atoms with Gasteiger partial charge < -0.3 is 15.2 Å². The molecule has 2 aromatic carbocycles. The lowest BCUT2D eigenvalue weighted by Gasteiger charge is -2.17. The standard InChI is InChI=1S/C20H21NO4S/c21-19(22)18(14-7-2-1-3-8-14)25-20(23)16-10-4-5-11-17(16)26-13-15-9-6-12-24-15/h1-5,7-8,10-11,15,18H,6,9,12-13H2,(H2,21,22)/t15-,18-/m1/s1. The van der Waals surface area contributed by atoms with Gasteiger partial charge in [-0.2, -0.15) is 0 Å². The number of amides is 1. The van der Waals surface area contributed by atoms with Crippen LogP contribution in [-0.2, 0) is 14.3 Å². The molecule has 1 heterocycles. The van der Waals surface area contributed by atoms with E-state index in [4.69, 9.17) is 15.2 Å². The summed E-state index contributed by atoms with van der Waals surface area (Å²) in [5, 5.41) is 0. The average molecular weight is 371 g/mol. The molecule has 2 N–H and O–H groups in total. The molecule has 6 heteroatoms. The van der Waals surface area contributed by atoms with E-state index >= 15 is 0 Å². The molecule has 0 aliphatic carbocycles. The van der Waals surface area contributed by atoms with Gasteiger partial charge >= 0.3 is 5.97 Å². The van der Waals surface area contributed by atoms with E-state index in [2.05, 4.69) is 0 Å². The van der Waals surface area contributed by atoms with E-state index in [0.717, 1.165) is 30.1 Å². The highest BCUT2D eigenvalue weighted by molar-refractivity contribution is 7.99. The van der Waals surface area contributed by atoms with Crippen molar-refractivity contribution in [2.75, 3.05) is 12.4 Å². The number of benzene rings is 2. The van der Waals surface area contributed by atoms with Crippen LogP contribution in [0.3, 0.4) is 0 Å². The molecule has 0 radical (unpaired) electrons. The van der Waals surface area contributed by atoms with E-state index in [0.29, 0.717) is 11.1 Å². The Bertz CT molecular complexity index is 759. The van der Waals surface area contributed by atoms with Crippen LogP contribution in [0.4, 0.5) is 0 Å². The molecule has 2 aromatic rings. The average Bonchev–Trinajstić information content (AvgIpc) is 3.18. The van der Waals surface area contributed by atoms with Crippen LogP contribution in [0.1, 0.15) is 34.9 Å². The number of carbonyl (C=O) groups is 2. The molecule has 1 saturated heterocycles. The Morgan fingerprint density at radius 3 is 2.58 bits per heavy atom. The van der Waals surface area contributed by atoms with Crippen molar-refractivity contribution in [2.45, 2.75) is 29.9 Å². The number of nitrogens with two attached hydrogens (primary N) is 1. The molecule has 0 bridgehead atoms. The zero-order valence-corrected chi connectivity index (χ0v) is 15.1. The summed E-state index contributed by atoms with van der Waals surface area (Å²) >= 11 is 1.56. The lowest BCUT2D eigenvalue weighted by Crippen LogP contribution is -2.26. The lowest BCUT2D eigenvalue weighted by atomic mass is 10.1. The summed E-state index contributed by atoms with van der Waals surface area (Å²) in [4.78, 5) is 25.3. The molecule has 26 heavy (non-hydrogen) atoms. The van der Waals surface area contributed by atoms with Crippen LogP contribution in [0.5, 0.6) is 0 Å². The summed E-state index contributed by atoms with van der Waals surface area (Å²) in [7, 11) is 0. The van der Waals surface area contributed by atoms with E-state index in [1.165, 1.54) is 0 Å². The van der Waals surface area contributed by atoms with Gasteiger partial charge in [-0.25, -0.2) is 4.79 Å². The minimum atomic E-state index is -1.11. The molecule has 1 fully saturated rings. The number of thioether (sulfide) groups is 1. The van der Waals surface area contributed by atoms with Gasteiger partial charge in [0.2, 0.25) is 6.10 Å². The van der Waals surface area contributed by atoms with Gasteiger partial charge in [0.25, 0.3) is 5.91 Å². The highest BCUT2D eigenvalue weighted by Crippen LogP contribution is 2.28. The lowest BCUT2D eigenvalue weighted by molar-refractivity contribution is -0.127. The van der Waals surface area contributed by atoms with Crippen molar-refractivity contribution in [3.05, 3.63) is 65.7 Å². The fourth-order valence-electron chi connectivity index (χ4n) is 2.81. The molecule has 0 aromatic heterocycles. The Kier molecular flexibility index (Phi) is 6.30. The number of ether oxygens (including phenoxy) is 2. The molecule has 0 unspecified atom stereocenters. The molecular weight excluding hydrogens is 350 g/mol. The van der Waals surface area contributed by atoms with Crippen LogP contribution >= 0.6 is 11.8 Å². The van der Waals surface area contributed by atoms with E-state index in [1.807, 2.05) is 18.2 Å². The molecule has 136 valence electrons. The number of rotatable bonds is 7. The largest absolute Gasteiger partial charge is 0.444 e. The van der Waals surface area contributed by atoms with Gasteiger partial charge in [-0.3, -0.25) is 4.79 Å². The van der Waals surface area contributed by atoms with Gasteiger partial charge in [0.05, 0.1) is 11.7 Å². The molecule has 1 aliphatic heterocycles. The zero-order chi connectivity index (χ0) is 18.4. The van der Waals surface area contributed by atoms with Gasteiger partial charge in [-0.1, -0.05) is 42.5 Å². The Hall–Kier alpha value is -2.31. The van der Waals surface area contributed by atoms with Crippen molar-refractivity contribution in [3.63, 3.8) is 0 Å². The molecule has 1 amide bonds. The van der Waals surface area contributed by atoms with Crippen molar-refractivity contribution < 1.29 is 19.1 Å². The fraction of sp³-hybridized carbons (Fsp3) is 0.300. The normalized spacial score (nSPS) is 17.6. The second-order valence-electron chi connectivity index (χ2n) is 6.04. The van der Waals surface area contributed by atoms with Crippen LogP contribution in [0.25, 0.3) is 0 Å². The number of primary amides is 1. The second kappa shape index (κ2) is 8.87. The molecule has 1 aliphatic rings. The first kappa shape index (κ1) is 18.5. The predicted molar refractivity (Wildman–Crippen MR) is 99.9 cm³/mol. The Balaban J connectivity index is 1.73. The smallest absolute Gasteiger partial charge is 0.340 e. The quantitative estimate of drug-likeness (QED) is 0.596. The topological polar surface area (TPSA) is 78.6 Å². The zero-order valence-electron chi connectivity index (χ0n) is 14.3. The van der Waals surface area contributed by atoms with Gasteiger partial charge in [0.15, 0.2) is 0 Å². The maximum Gasteiger partial charge on any atom is 0.340 e. The van der Waals surface area contributed by atoms with Gasteiger partial charge in [0, 0.05) is 22.8 Å². The van der Waals surface area contributed by atoms with E-state index in [9.17, 15) is 9.59 Å². The summed E-state index contributed by atoms with van der Waals surface area (Å²) in [6.45, 7) is 0.798. The van der Waals surface area contributed by atoms with Crippen LogP contribution < -0.4 is 5.73 Å². The SMILES string of the molecule is NC(=O)[C@H](OC(=O)c1ccccc1SC[C@H]1CCCO1)c1ccccc1. The van der Waals surface area contributed by atoms with Crippen LogP contribution in [0, 0.1) is 0 Å². The Morgan fingerprint density at radius 2 is 1.88 bits per heavy atom. The number of hydrogen-bond donors (Lipinski definition) is 1. The van der Waals surface area contributed by atoms with Gasteiger partial charge in [-0.15, -0.1) is 11.8 Å². The van der Waals surface area contributed by atoms with Crippen molar-refractivity contribution in [2.24, 2.45) is 5.73 Å². The first-order valence-electron chi connectivity index (χ1n) is 8.54. The van der Waals surface area contributed by atoms with Gasteiger partial charge in [0.1, 0.15) is 0 Å². The minimum absolute atomic E-state index is 0.215. The number of carbonyl (C=O) groups excluding carboxylic acids is 2. The molecule has 2 atom stereocenters. The van der Waals surface area contributed by atoms with E-state index in [-0.39, 0.29) is 6.10 Å². The van der Waals surface area contributed by atoms with Crippen molar-refractivity contribution in [3.8, 4) is 0 Å². The van der Waals surface area contributed by atoms with E-state index < -0.39 is 18.0 Å². The monoisotopic (exact) mass is 371 g/mol. The number of esters is 1. The first-order chi connectivity index (χ1) is 12.6. The summed E-state index contributed by atoms with van der Waals surface area (Å²) in [5.74, 6) is -0.482. The molecule has 0 spiro atoms. The van der Waals surface area contributed by atoms with Crippen molar-refractivity contribution in [1.29, 1.82) is 0 Å². The summed E-state index contributed by atoms with van der Waals surface area (Å²) in [6.07, 6.45) is 1.22. The van der Waals surface area contributed by atoms with Crippen LogP contribution in [0.15, 0.2) is 59.5 Å². The van der Waals surface area contributed by atoms with Crippen molar-refractivity contribution in [1.82, 2.24) is 0 Å². The highest BCUT2D eigenvalue weighted by atomic mass is 32.2.